The molecule has 0 aliphatic carbocycles. The number of piperidine rings is 1. The fraction of sp³-hybridized carbons (Fsp3) is 0.429. The number of aromatic nitrogens is 2. The van der Waals surface area contributed by atoms with Crippen LogP contribution in [-0.2, 0) is 11.2 Å². The Morgan fingerprint density at radius 2 is 1.93 bits per heavy atom. The fourth-order valence-corrected chi connectivity index (χ4v) is 3.97. The van der Waals surface area contributed by atoms with Gasteiger partial charge in [0.25, 0.3) is 5.91 Å². The Hall–Kier alpha value is -2.80. The van der Waals surface area contributed by atoms with Crippen molar-refractivity contribution >= 4 is 17.5 Å². The van der Waals surface area contributed by atoms with Crippen LogP contribution in [0.15, 0.2) is 42.9 Å². The van der Waals surface area contributed by atoms with Gasteiger partial charge < -0.3 is 10.2 Å². The molecule has 0 radical (unpaired) electrons. The molecule has 1 aromatic heterocycles. The number of anilines is 1. The number of benzene rings is 1. The molecule has 7 heteroatoms. The summed E-state index contributed by atoms with van der Waals surface area (Å²) in [4.78, 5) is 36.9. The predicted octanol–water partition coefficient (Wildman–Crippen LogP) is 1.51. The van der Waals surface area contributed by atoms with Crippen molar-refractivity contribution in [1.82, 2.24) is 20.2 Å². The first-order valence-corrected chi connectivity index (χ1v) is 9.85. The Balaban J connectivity index is 1.22. The first-order chi connectivity index (χ1) is 13.7. The summed E-state index contributed by atoms with van der Waals surface area (Å²) >= 11 is 0. The van der Waals surface area contributed by atoms with E-state index in [-0.39, 0.29) is 11.8 Å². The second kappa shape index (κ2) is 8.48. The number of nitrogens with zero attached hydrogens (tertiary/aromatic N) is 4. The number of carbonyl (C=O) groups is 2. The number of hydrogen-bond donors (Lipinski definition) is 1. The molecule has 0 saturated carbocycles. The van der Waals surface area contributed by atoms with Gasteiger partial charge in [-0.15, -0.1) is 0 Å². The summed E-state index contributed by atoms with van der Waals surface area (Å²) in [5.74, 6) is 0.428. The van der Waals surface area contributed by atoms with Crippen LogP contribution in [0.2, 0.25) is 0 Å². The van der Waals surface area contributed by atoms with Crippen molar-refractivity contribution < 1.29 is 9.59 Å². The lowest BCUT2D eigenvalue weighted by Crippen LogP contribution is -2.44. The topological polar surface area (TPSA) is 78.4 Å². The Bertz CT molecular complexity index is 834. The van der Waals surface area contributed by atoms with Crippen molar-refractivity contribution in [3.05, 3.63) is 54.1 Å². The van der Waals surface area contributed by atoms with E-state index in [4.69, 9.17) is 0 Å². The Labute approximate surface area is 164 Å². The molecular formula is C21H25N5O2. The zero-order valence-electron chi connectivity index (χ0n) is 15.9. The molecule has 0 atom stereocenters. The van der Waals surface area contributed by atoms with Gasteiger partial charge in [-0.2, -0.15) is 0 Å². The van der Waals surface area contributed by atoms with Crippen molar-refractivity contribution in [2.45, 2.75) is 19.3 Å². The molecule has 4 rings (SSSR count). The maximum Gasteiger partial charge on any atom is 0.271 e. The van der Waals surface area contributed by atoms with E-state index in [0.29, 0.717) is 24.7 Å². The van der Waals surface area contributed by atoms with Crippen LogP contribution >= 0.6 is 0 Å². The molecule has 2 aliphatic heterocycles. The molecular weight excluding hydrogens is 354 g/mol. The zero-order chi connectivity index (χ0) is 19.3. The van der Waals surface area contributed by atoms with Gasteiger partial charge in [0.05, 0.1) is 12.7 Å². The van der Waals surface area contributed by atoms with Gasteiger partial charge in [0, 0.05) is 31.2 Å². The van der Waals surface area contributed by atoms with Gasteiger partial charge in [0.15, 0.2) is 0 Å². The molecule has 0 spiro atoms. The average molecular weight is 379 g/mol. The molecule has 7 nitrogen and oxygen atoms in total. The number of hydrogen-bond acceptors (Lipinski definition) is 5. The maximum atomic E-state index is 12.7. The van der Waals surface area contributed by atoms with Gasteiger partial charge in [0.2, 0.25) is 5.91 Å². The van der Waals surface area contributed by atoms with E-state index in [1.165, 1.54) is 18.0 Å². The van der Waals surface area contributed by atoms with Crippen molar-refractivity contribution in [3.63, 3.8) is 0 Å². The van der Waals surface area contributed by atoms with Crippen LogP contribution in [-0.4, -0.2) is 59.4 Å². The third-order valence-corrected chi connectivity index (χ3v) is 5.60. The first kappa shape index (κ1) is 18.6. The summed E-state index contributed by atoms with van der Waals surface area (Å²) in [5.41, 5.74) is 2.67. The SMILES string of the molecule is O=C(NCC1CCN(CC(=O)N2CCc3ccccc32)CC1)c1cnccn1. The lowest BCUT2D eigenvalue weighted by molar-refractivity contribution is -0.120. The Kier molecular flexibility index (Phi) is 5.62. The third kappa shape index (κ3) is 4.20. The minimum Gasteiger partial charge on any atom is -0.350 e. The zero-order valence-corrected chi connectivity index (χ0v) is 15.9. The second-order valence-corrected chi connectivity index (χ2v) is 7.44. The maximum absolute atomic E-state index is 12.7. The molecule has 3 heterocycles. The van der Waals surface area contributed by atoms with E-state index in [2.05, 4.69) is 26.3 Å². The van der Waals surface area contributed by atoms with E-state index < -0.39 is 0 Å². The number of amides is 2. The molecule has 28 heavy (non-hydrogen) atoms. The normalized spacial score (nSPS) is 17.4. The van der Waals surface area contributed by atoms with Crippen molar-refractivity contribution in [2.24, 2.45) is 5.92 Å². The van der Waals surface area contributed by atoms with Crippen molar-refractivity contribution in [2.75, 3.05) is 37.6 Å². The van der Waals surface area contributed by atoms with Gasteiger partial charge in [-0.05, 0) is 49.9 Å². The van der Waals surface area contributed by atoms with E-state index in [0.717, 1.165) is 44.6 Å². The highest BCUT2D eigenvalue weighted by Crippen LogP contribution is 2.27. The molecule has 1 fully saturated rings. The molecule has 2 aliphatic rings. The molecule has 146 valence electrons. The van der Waals surface area contributed by atoms with Crippen LogP contribution in [0, 0.1) is 5.92 Å². The number of fused-ring (bicyclic) bond motifs is 1. The van der Waals surface area contributed by atoms with E-state index >= 15 is 0 Å². The summed E-state index contributed by atoms with van der Waals surface area (Å²) < 4.78 is 0. The summed E-state index contributed by atoms with van der Waals surface area (Å²) in [7, 11) is 0. The summed E-state index contributed by atoms with van der Waals surface area (Å²) in [6.07, 6.45) is 7.43. The highest BCUT2D eigenvalue weighted by atomic mass is 16.2. The van der Waals surface area contributed by atoms with Crippen molar-refractivity contribution in [1.29, 1.82) is 0 Å². The van der Waals surface area contributed by atoms with Crippen LogP contribution in [0.3, 0.4) is 0 Å². The third-order valence-electron chi connectivity index (χ3n) is 5.60. The number of nitrogens with one attached hydrogen (secondary N) is 1. The largest absolute Gasteiger partial charge is 0.350 e. The second-order valence-electron chi connectivity index (χ2n) is 7.44. The number of rotatable bonds is 5. The van der Waals surface area contributed by atoms with Gasteiger partial charge in [-0.1, -0.05) is 18.2 Å². The van der Waals surface area contributed by atoms with Crippen LogP contribution in [0.1, 0.15) is 28.9 Å². The molecule has 0 bridgehead atoms. The summed E-state index contributed by atoms with van der Waals surface area (Å²) in [6.45, 7) is 3.65. The van der Waals surface area contributed by atoms with Crippen LogP contribution in [0.25, 0.3) is 0 Å². The minimum atomic E-state index is -0.182. The quantitative estimate of drug-likeness (QED) is 0.852. The highest BCUT2D eigenvalue weighted by molar-refractivity contribution is 5.96. The Morgan fingerprint density at radius 1 is 1.11 bits per heavy atom. The number of para-hydroxylation sites is 1. The molecule has 2 aromatic rings. The monoisotopic (exact) mass is 379 g/mol. The van der Waals surface area contributed by atoms with Gasteiger partial charge >= 0.3 is 0 Å². The highest BCUT2D eigenvalue weighted by Gasteiger charge is 2.27. The van der Waals surface area contributed by atoms with Gasteiger partial charge in [-0.3, -0.25) is 19.5 Å². The number of carbonyl (C=O) groups excluding carboxylic acids is 2. The Morgan fingerprint density at radius 3 is 2.71 bits per heavy atom. The van der Waals surface area contributed by atoms with Crippen LogP contribution < -0.4 is 10.2 Å². The molecule has 0 unspecified atom stereocenters. The lowest BCUT2D eigenvalue weighted by atomic mass is 9.96. The summed E-state index contributed by atoms with van der Waals surface area (Å²) in [5, 5.41) is 2.94. The van der Waals surface area contributed by atoms with Gasteiger partial charge in [-0.25, -0.2) is 4.98 Å². The standard InChI is InChI=1S/C21H25N5O2/c27-20(26-12-7-17-3-1-2-4-19(17)26)15-25-10-5-16(6-11-25)13-24-21(28)18-14-22-8-9-23-18/h1-4,8-9,14,16H,5-7,10-13,15H2,(H,24,28). The van der Waals surface area contributed by atoms with E-state index in [9.17, 15) is 9.59 Å². The molecule has 1 saturated heterocycles. The van der Waals surface area contributed by atoms with E-state index in [1.807, 2.05) is 23.1 Å². The van der Waals surface area contributed by atoms with Crippen LogP contribution in [0.4, 0.5) is 5.69 Å². The van der Waals surface area contributed by atoms with Crippen LogP contribution in [0.5, 0.6) is 0 Å². The van der Waals surface area contributed by atoms with Gasteiger partial charge in [0.1, 0.15) is 5.69 Å². The minimum absolute atomic E-state index is 0.180. The summed E-state index contributed by atoms with van der Waals surface area (Å²) in [6, 6.07) is 8.15. The first-order valence-electron chi connectivity index (χ1n) is 9.85. The molecule has 1 N–H and O–H groups in total. The smallest absolute Gasteiger partial charge is 0.271 e. The van der Waals surface area contributed by atoms with Crippen molar-refractivity contribution in [3.8, 4) is 0 Å². The molecule has 1 aromatic carbocycles. The fourth-order valence-electron chi connectivity index (χ4n) is 3.97. The predicted molar refractivity (Wildman–Crippen MR) is 106 cm³/mol. The average Bonchev–Trinajstić information content (AvgIpc) is 3.18. The van der Waals surface area contributed by atoms with E-state index in [1.54, 1.807) is 6.20 Å². The number of likely N-dealkylation sites (tertiary alicyclic amines) is 1. The molecule has 2 amide bonds. The lowest BCUT2D eigenvalue weighted by Gasteiger charge is -2.32.